The Morgan fingerprint density at radius 3 is 2.28 bits per heavy atom. The van der Waals surface area contributed by atoms with E-state index in [0.29, 0.717) is 33.0 Å². The highest BCUT2D eigenvalue weighted by molar-refractivity contribution is 6.46. The summed E-state index contributed by atoms with van der Waals surface area (Å²) in [5.74, 6) is -2.80. The fraction of sp³-hybridized carbons (Fsp3) is 0.0833. The molecule has 0 unspecified atom stereocenters. The number of hydrogen-bond acceptors (Lipinski definition) is 4. The molecule has 3 aromatic carbocycles. The van der Waals surface area contributed by atoms with Crippen molar-refractivity contribution >= 4 is 40.4 Å². The Labute approximate surface area is 187 Å². The van der Waals surface area contributed by atoms with Crippen LogP contribution >= 0.6 is 11.6 Å². The second-order valence-electron chi connectivity index (χ2n) is 7.11. The Balaban J connectivity index is 1.83. The van der Waals surface area contributed by atoms with Gasteiger partial charge in [0.2, 0.25) is 0 Å². The third-order valence-corrected chi connectivity index (χ3v) is 5.46. The van der Waals surface area contributed by atoms with Crippen LogP contribution in [0, 0.1) is 18.6 Å². The van der Waals surface area contributed by atoms with Crippen molar-refractivity contribution in [1.82, 2.24) is 0 Å². The summed E-state index contributed by atoms with van der Waals surface area (Å²) in [7, 11) is 1.51. The van der Waals surface area contributed by atoms with Crippen molar-refractivity contribution in [2.75, 3.05) is 17.3 Å². The van der Waals surface area contributed by atoms with E-state index in [-0.39, 0.29) is 17.0 Å². The van der Waals surface area contributed by atoms with Crippen LogP contribution in [0.5, 0.6) is 5.75 Å². The minimum absolute atomic E-state index is 0.0399. The number of halogens is 3. The van der Waals surface area contributed by atoms with Crippen molar-refractivity contribution in [3.05, 3.63) is 94.1 Å². The number of carbonyl (C=O) groups excluding carboxylic acids is 2. The highest BCUT2D eigenvalue weighted by atomic mass is 35.5. The van der Waals surface area contributed by atoms with Crippen molar-refractivity contribution in [3.8, 4) is 5.75 Å². The Hall–Kier alpha value is -3.71. The number of hydrogen-bond donors (Lipinski definition) is 1. The van der Waals surface area contributed by atoms with Crippen LogP contribution in [-0.4, -0.2) is 18.9 Å². The molecule has 0 radical (unpaired) electrons. The quantitative estimate of drug-likeness (QED) is 0.529. The largest absolute Gasteiger partial charge is 0.497 e. The number of benzene rings is 3. The number of rotatable bonds is 5. The van der Waals surface area contributed by atoms with Gasteiger partial charge in [-0.15, -0.1) is 0 Å². The summed E-state index contributed by atoms with van der Waals surface area (Å²) >= 11 is 6.19. The molecule has 1 heterocycles. The number of nitrogens with zero attached hydrogens (tertiary/aromatic N) is 1. The average Bonchev–Trinajstić information content (AvgIpc) is 3.00. The first kappa shape index (κ1) is 21.5. The topological polar surface area (TPSA) is 58.6 Å². The Bertz CT molecular complexity index is 1270. The molecule has 0 saturated heterocycles. The molecule has 32 heavy (non-hydrogen) atoms. The van der Waals surface area contributed by atoms with Crippen molar-refractivity contribution in [2.45, 2.75) is 6.92 Å². The van der Waals surface area contributed by atoms with Crippen LogP contribution in [-0.2, 0) is 9.59 Å². The van der Waals surface area contributed by atoms with E-state index in [1.807, 2.05) is 6.92 Å². The highest BCUT2D eigenvalue weighted by Crippen LogP contribution is 2.36. The third kappa shape index (κ3) is 3.83. The normalized spacial score (nSPS) is 13.7. The zero-order valence-electron chi connectivity index (χ0n) is 17.1. The average molecular weight is 455 g/mol. The molecule has 3 aromatic rings. The summed E-state index contributed by atoms with van der Waals surface area (Å²) < 4.78 is 33.0. The zero-order chi connectivity index (χ0) is 23.0. The van der Waals surface area contributed by atoms with E-state index in [2.05, 4.69) is 5.32 Å². The van der Waals surface area contributed by atoms with Gasteiger partial charge in [-0.25, -0.2) is 13.7 Å². The number of imide groups is 1. The Kier molecular flexibility index (Phi) is 5.67. The second kappa shape index (κ2) is 8.43. The molecule has 8 heteroatoms. The van der Waals surface area contributed by atoms with E-state index in [1.54, 1.807) is 42.5 Å². The molecule has 4 rings (SSSR count). The molecule has 0 spiro atoms. The van der Waals surface area contributed by atoms with Crippen LogP contribution in [0.2, 0.25) is 5.02 Å². The maximum atomic E-state index is 14.5. The van der Waals surface area contributed by atoms with Gasteiger partial charge in [-0.1, -0.05) is 29.8 Å². The molecular formula is C24H17ClF2N2O3. The summed E-state index contributed by atoms with van der Waals surface area (Å²) in [6.07, 6.45) is 0. The predicted octanol–water partition coefficient (Wildman–Crippen LogP) is 5.33. The number of nitrogens with one attached hydrogen (secondary N) is 1. The lowest BCUT2D eigenvalue weighted by Crippen LogP contribution is -2.33. The zero-order valence-corrected chi connectivity index (χ0v) is 17.8. The maximum absolute atomic E-state index is 14.5. The lowest BCUT2D eigenvalue weighted by Gasteiger charge is -2.16. The lowest BCUT2D eigenvalue weighted by molar-refractivity contribution is -0.120. The van der Waals surface area contributed by atoms with Crippen molar-refractivity contribution in [2.24, 2.45) is 0 Å². The Morgan fingerprint density at radius 1 is 0.938 bits per heavy atom. The molecule has 0 aliphatic carbocycles. The van der Waals surface area contributed by atoms with Gasteiger partial charge in [-0.2, -0.15) is 0 Å². The molecule has 1 aliphatic heterocycles. The van der Waals surface area contributed by atoms with E-state index in [9.17, 15) is 18.4 Å². The van der Waals surface area contributed by atoms with Gasteiger partial charge in [-0.3, -0.25) is 9.59 Å². The van der Waals surface area contributed by atoms with Crippen molar-refractivity contribution in [3.63, 3.8) is 0 Å². The molecule has 2 amide bonds. The van der Waals surface area contributed by atoms with Crippen LogP contribution in [0.25, 0.3) is 5.57 Å². The minimum atomic E-state index is -1.03. The van der Waals surface area contributed by atoms with Crippen molar-refractivity contribution < 1.29 is 23.1 Å². The summed E-state index contributed by atoms with van der Waals surface area (Å²) in [5, 5.41) is 3.42. The molecule has 5 nitrogen and oxygen atoms in total. The lowest BCUT2D eigenvalue weighted by atomic mass is 10.0. The number of anilines is 2. The molecule has 0 saturated carbocycles. The molecule has 162 valence electrons. The highest BCUT2D eigenvalue weighted by Gasteiger charge is 2.41. The number of amides is 2. The Morgan fingerprint density at radius 2 is 1.66 bits per heavy atom. The minimum Gasteiger partial charge on any atom is -0.497 e. The molecule has 1 aliphatic rings. The van der Waals surface area contributed by atoms with Gasteiger partial charge >= 0.3 is 0 Å². The third-order valence-electron chi connectivity index (χ3n) is 5.05. The predicted molar refractivity (Wildman–Crippen MR) is 119 cm³/mol. The molecular weight excluding hydrogens is 438 g/mol. The molecule has 0 bridgehead atoms. The monoisotopic (exact) mass is 454 g/mol. The van der Waals surface area contributed by atoms with E-state index in [4.69, 9.17) is 16.3 Å². The van der Waals surface area contributed by atoms with Crippen LogP contribution in [0.1, 0.15) is 11.1 Å². The number of methoxy groups -OCH3 is 1. The van der Waals surface area contributed by atoms with E-state index >= 15 is 0 Å². The van der Waals surface area contributed by atoms with Gasteiger partial charge < -0.3 is 10.1 Å². The van der Waals surface area contributed by atoms with Gasteiger partial charge in [0.05, 0.1) is 18.4 Å². The van der Waals surface area contributed by atoms with Crippen molar-refractivity contribution in [1.29, 1.82) is 0 Å². The molecule has 0 fully saturated rings. The van der Waals surface area contributed by atoms with Crippen LogP contribution < -0.4 is 15.0 Å². The van der Waals surface area contributed by atoms with Gasteiger partial charge in [0, 0.05) is 16.8 Å². The van der Waals surface area contributed by atoms with E-state index < -0.39 is 23.4 Å². The van der Waals surface area contributed by atoms with Crippen LogP contribution in [0.3, 0.4) is 0 Å². The first-order chi connectivity index (χ1) is 15.3. The van der Waals surface area contributed by atoms with Gasteiger partial charge in [0.15, 0.2) is 0 Å². The van der Waals surface area contributed by atoms with E-state index in [1.165, 1.54) is 7.11 Å². The van der Waals surface area contributed by atoms with Gasteiger partial charge in [0.25, 0.3) is 11.8 Å². The van der Waals surface area contributed by atoms with E-state index in [0.717, 1.165) is 17.7 Å². The standard InChI is InChI=1S/C24H17ClF2N2O3/c1-13-3-7-16(12-18(13)25)28-22-21(14-4-8-17(32-2)9-5-14)23(30)29(24(22)31)20-10-6-15(26)11-19(20)27/h3-12,28H,1-2H3. The summed E-state index contributed by atoms with van der Waals surface area (Å²) in [4.78, 5) is 27.3. The summed E-state index contributed by atoms with van der Waals surface area (Å²) in [5.41, 5.74) is 1.39. The maximum Gasteiger partial charge on any atom is 0.282 e. The number of aryl methyl sites for hydroxylation is 1. The summed E-state index contributed by atoms with van der Waals surface area (Å²) in [6, 6.07) is 14.3. The van der Waals surface area contributed by atoms with Gasteiger partial charge in [-0.05, 0) is 54.4 Å². The second-order valence-corrected chi connectivity index (χ2v) is 7.52. The summed E-state index contributed by atoms with van der Waals surface area (Å²) in [6.45, 7) is 1.83. The molecule has 0 atom stereocenters. The SMILES string of the molecule is COc1ccc(C2=C(Nc3ccc(C)c(Cl)c3)C(=O)N(c3ccc(F)cc3F)C2=O)cc1. The first-order valence-electron chi connectivity index (χ1n) is 9.56. The first-order valence-corrected chi connectivity index (χ1v) is 9.93. The van der Waals surface area contributed by atoms with Crippen LogP contribution in [0.4, 0.5) is 20.2 Å². The molecule has 1 N–H and O–H groups in total. The van der Waals surface area contributed by atoms with Gasteiger partial charge in [0.1, 0.15) is 23.1 Å². The number of carbonyl (C=O) groups is 2. The molecule has 0 aromatic heterocycles. The fourth-order valence-corrected chi connectivity index (χ4v) is 3.55. The smallest absolute Gasteiger partial charge is 0.282 e. The fourth-order valence-electron chi connectivity index (χ4n) is 3.37. The van der Waals surface area contributed by atoms with Crippen LogP contribution in [0.15, 0.2) is 66.4 Å². The number of ether oxygens (including phenoxy) is 1.